The van der Waals surface area contributed by atoms with Crippen molar-refractivity contribution in [3.63, 3.8) is 0 Å². The molecule has 0 aliphatic carbocycles. The molecule has 4 aromatic rings. The second-order valence-electron chi connectivity index (χ2n) is 9.58. The first-order chi connectivity index (χ1) is 19.0. The predicted octanol–water partition coefficient (Wildman–Crippen LogP) is 5.96. The van der Waals surface area contributed by atoms with Crippen molar-refractivity contribution in [1.29, 1.82) is 0 Å². The van der Waals surface area contributed by atoms with Crippen molar-refractivity contribution in [3.8, 4) is 16.9 Å². The number of carbonyl (C=O) groups excluding carboxylic acids is 1. The second-order valence-corrected chi connectivity index (χ2v) is 9.58. The van der Waals surface area contributed by atoms with E-state index in [2.05, 4.69) is 21.8 Å². The van der Waals surface area contributed by atoms with Gasteiger partial charge in [0.15, 0.2) is 0 Å². The molecule has 0 bridgehead atoms. The van der Waals surface area contributed by atoms with Crippen molar-refractivity contribution in [2.24, 2.45) is 0 Å². The Balaban J connectivity index is 1.33. The van der Waals surface area contributed by atoms with Gasteiger partial charge >= 0.3 is 0 Å². The number of aromatic nitrogens is 2. The topological polar surface area (TPSA) is 67.3 Å². The molecule has 200 valence electrons. The first-order valence-electron chi connectivity index (χ1n) is 13.0. The molecule has 1 amide bonds. The van der Waals surface area contributed by atoms with Crippen LogP contribution in [0.3, 0.4) is 0 Å². The summed E-state index contributed by atoms with van der Waals surface area (Å²) in [7, 11) is 0. The number of nitrogens with zero attached hydrogens (tertiary/aromatic N) is 3. The molecule has 3 aromatic carbocycles. The van der Waals surface area contributed by atoms with Gasteiger partial charge in [-0.1, -0.05) is 43.0 Å². The van der Waals surface area contributed by atoms with Crippen LogP contribution in [0.15, 0.2) is 79.5 Å². The van der Waals surface area contributed by atoms with E-state index in [0.29, 0.717) is 29.4 Å². The van der Waals surface area contributed by atoms with Crippen LogP contribution in [0.5, 0.6) is 5.75 Å². The van der Waals surface area contributed by atoms with Gasteiger partial charge in [0.05, 0.1) is 5.52 Å². The average molecular weight is 529 g/mol. The fourth-order valence-corrected chi connectivity index (χ4v) is 4.85. The Kier molecular flexibility index (Phi) is 8.22. The zero-order valence-electron chi connectivity index (χ0n) is 21.6. The number of benzene rings is 3. The molecule has 0 radical (unpaired) electrons. The van der Waals surface area contributed by atoms with Crippen LogP contribution in [-0.4, -0.2) is 53.2 Å². The van der Waals surface area contributed by atoms with E-state index in [9.17, 15) is 9.18 Å². The molecule has 1 fully saturated rings. The molecule has 0 unspecified atom stereocenters. The number of carbonyl (C=O) groups is 1. The number of hydrogen-bond acceptors (Lipinski definition) is 5. The Hall–Kier alpha value is -4.17. The third-order valence-electron chi connectivity index (χ3n) is 6.90. The highest BCUT2D eigenvalue weighted by Crippen LogP contribution is 2.29. The van der Waals surface area contributed by atoms with Gasteiger partial charge in [0.1, 0.15) is 30.2 Å². The number of ether oxygens (including phenoxy) is 1. The number of piperidine rings is 1. The minimum Gasteiger partial charge on any atom is -0.490 e. The predicted molar refractivity (Wildman–Crippen MR) is 149 cm³/mol. The number of anilines is 1. The third kappa shape index (κ3) is 6.46. The molecule has 2 heterocycles. The lowest BCUT2D eigenvalue weighted by Gasteiger charge is -2.31. The average Bonchev–Trinajstić information content (AvgIpc) is 2.95. The summed E-state index contributed by atoms with van der Waals surface area (Å²) in [6.07, 6.45) is 4.78. The summed E-state index contributed by atoms with van der Waals surface area (Å²) in [6.45, 7) is 5.17. The van der Waals surface area contributed by atoms with Gasteiger partial charge in [0.25, 0.3) is 0 Å². The van der Waals surface area contributed by atoms with Crippen LogP contribution < -0.4 is 10.1 Å². The van der Waals surface area contributed by atoms with Crippen molar-refractivity contribution in [2.75, 3.05) is 31.6 Å². The zero-order chi connectivity index (χ0) is 27.2. The van der Waals surface area contributed by atoms with Crippen molar-refractivity contribution in [3.05, 3.63) is 96.7 Å². The number of hydrogen-bond donors (Lipinski definition) is 1. The summed E-state index contributed by atoms with van der Waals surface area (Å²) in [5, 5.41) is 3.64. The highest BCUT2D eigenvalue weighted by Gasteiger charge is 2.21. The van der Waals surface area contributed by atoms with Crippen molar-refractivity contribution in [2.45, 2.75) is 25.4 Å². The van der Waals surface area contributed by atoms with Crippen LogP contribution in [0.4, 0.5) is 14.5 Å². The fraction of sp³-hybridized carbons (Fsp3) is 0.258. The maximum Gasteiger partial charge on any atom is 0.247 e. The third-order valence-corrected chi connectivity index (χ3v) is 6.90. The van der Waals surface area contributed by atoms with E-state index < -0.39 is 0 Å². The maximum atomic E-state index is 15.1. The van der Waals surface area contributed by atoms with Gasteiger partial charge in [-0.15, -0.1) is 0 Å². The van der Waals surface area contributed by atoms with Gasteiger partial charge in [0.2, 0.25) is 5.91 Å². The normalized spacial score (nSPS) is 14.3. The second kappa shape index (κ2) is 12.1. The number of para-hydroxylation sites is 1. The number of fused-ring (bicyclic) bond motifs is 1. The first kappa shape index (κ1) is 26.4. The minimum absolute atomic E-state index is 0.00283. The molecule has 0 saturated carbocycles. The molecule has 0 spiro atoms. The highest BCUT2D eigenvalue weighted by atomic mass is 19.1. The molecule has 39 heavy (non-hydrogen) atoms. The van der Waals surface area contributed by atoms with Crippen LogP contribution in [-0.2, 0) is 11.2 Å². The monoisotopic (exact) mass is 528 g/mol. The van der Waals surface area contributed by atoms with E-state index in [4.69, 9.17) is 9.72 Å². The van der Waals surface area contributed by atoms with E-state index in [1.807, 2.05) is 42.5 Å². The SMILES string of the molecule is C=CC(=O)Nc1cccc(-c2cccc3cnc(Cc4ccc(OC5CCN(CCF)CC5)cc4F)nc23)c1. The Morgan fingerprint density at radius 2 is 1.95 bits per heavy atom. The zero-order valence-corrected chi connectivity index (χ0v) is 21.6. The summed E-state index contributed by atoms with van der Waals surface area (Å²) >= 11 is 0. The first-order valence-corrected chi connectivity index (χ1v) is 13.0. The van der Waals surface area contributed by atoms with E-state index in [0.717, 1.165) is 48.0 Å². The smallest absolute Gasteiger partial charge is 0.247 e. The molecule has 1 aliphatic heterocycles. The Morgan fingerprint density at radius 3 is 2.72 bits per heavy atom. The largest absolute Gasteiger partial charge is 0.490 e. The van der Waals surface area contributed by atoms with Crippen molar-refractivity contribution >= 4 is 22.5 Å². The molecule has 1 aromatic heterocycles. The summed E-state index contributed by atoms with van der Waals surface area (Å²) < 4.78 is 33.6. The van der Waals surface area contributed by atoms with Gasteiger partial charge < -0.3 is 15.0 Å². The quantitative estimate of drug-likeness (QED) is 0.272. The lowest BCUT2D eigenvalue weighted by molar-refractivity contribution is -0.111. The molecule has 1 N–H and O–H groups in total. The van der Waals surface area contributed by atoms with Gasteiger partial charge in [-0.25, -0.2) is 18.7 Å². The molecule has 6 nitrogen and oxygen atoms in total. The molecule has 1 saturated heterocycles. The minimum atomic E-state index is -0.370. The lowest BCUT2D eigenvalue weighted by atomic mass is 10.0. The fourth-order valence-electron chi connectivity index (χ4n) is 4.85. The van der Waals surface area contributed by atoms with Crippen LogP contribution in [0, 0.1) is 5.82 Å². The van der Waals surface area contributed by atoms with Gasteiger partial charge in [0, 0.05) is 55.0 Å². The maximum absolute atomic E-state index is 15.1. The number of nitrogens with one attached hydrogen (secondary N) is 1. The van der Waals surface area contributed by atoms with Crippen molar-refractivity contribution in [1.82, 2.24) is 14.9 Å². The Labute approximate surface area is 226 Å². The molecule has 5 rings (SSSR count). The van der Waals surface area contributed by atoms with Crippen molar-refractivity contribution < 1.29 is 18.3 Å². The molecular formula is C31H30F2N4O2. The number of rotatable bonds is 9. The molecule has 1 aliphatic rings. The Morgan fingerprint density at radius 1 is 1.13 bits per heavy atom. The summed E-state index contributed by atoms with van der Waals surface area (Å²) in [6, 6.07) is 18.2. The van der Waals surface area contributed by atoms with Crippen LogP contribution in [0.25, 0.3) is 22.0 Å². The summed E-state index contributed by atoms with van der Waals surface area (Å²) in [5.74, 6) is 0.335. The van der Waals surface area contributed by atoms with E-state index in [1.165, 1.54) is 12.1 Å². The number of likely N-dealkylation sites (tertiary alicyclic amines) is 1. The van der Waals surface area contributed by atoms with E-state index >= 15 is 4.39 Å². The molecule has 8 heteroatoms. The van der Waals surface area contributed by atoms with Gasteiger partial charge in [-0.3, -0.25) is 4.79 Å². The van der Waals surface area contributed by atoms with E-state index in [-0.39, 0.29) is 30.9 Å². The van der Waals surface area contributed by atoms with Crippen LogP contribution in [0.2, 0.25) is 0 Å². The molecular weight excluding hydrogens is 498 g/mol. The molecule has 0 atom stereocenters. The van der Waals surface area contributed by atoms with Gasteiger partial charge in [-0.05, 0) is 48.2 Å². The standard InChI is InChI=1S/C31H30F2N4O2/c1-2-30(38)35-24-7-3-5-21(17-24)27-8-4-6-23-20-34-29(36-31(23)27)18-22-9-10-26(19-28(22)33)39-25-11-14-37(15-12-25)16-13-32/h2-10,17,19-20,25H,1,11-16,18H2,(H,35,38). The van der Waals surface area contributed by atoms with E-state index in [1.54, 1.807) is 18.3 Å². The summed E-state index contributed by atoms with van der Waals surface area (Å²) in [5.41, 5.74) is 3.64. The van der Waals surface area contributed by atoms with Gasteiger partial charge in [-0.2, -0.15) is 0 Å². The number of alkyl halides is 1. The lowest BCUT2D eigenvalue weighted by Crippen LogP contribution is -2.39. The van der Waals surface area contributed by atoms with Crippen LogP contribution in [0.1, 0.15) is 24.2 Å². The summed E-state index contributed by atoms with van der Waals surface area (Å²) in [4.78, 5) is 23.1. The number of halogens is 2. The number of amides is 1. The highest BCUT2D eigenvalue weighted by molar-refractivity contribution is 6.00. The Bertz CT molecular complexity index is 1480. The van der Waals surface area contributed by atoms with Crippen LogP contribution >= 0.6 is 0 Å².